The van der Waals surface area contributed by atoms with Crippen LogP contribution >= 0.6 is 0 Å². The van der Waals surface area contributed by atoms with Crippen LogP contribution < -0.4 is 0 Å². The minimum atomic E-state index is -1.92. The molecule has 2 nitrogen and oxygen atoms in total. The number of hydrogen-bond acceptors (Lipinski definition) is 1. The van der Waals surface area contributed by atoms with Crippen molar-refractivity contribution in [3.8, 4) is 0 Å². The van der Waals surface area contributed by atoms with E-state index in [1.807, 2.05) is 6.07 Å². The standard InChI is InChI=1S/C14H22O2S/c1-13(2,3)10-7-8-12(17(15)16)11(9-10)14(4,5)6/h7-9H,1-6H3,(H,15,16). The molecule has 0 saturated heterocycles. The first-order valence-corrected chi connectivity index (χ1v) is 6.90. The average Bonchev–Trinajstić information content (AvgIpc) is 2.14. The van der Waals surface area contributed by atoms with E-state index in [0.717, 1.165) is 5.56 Å². The smallest absolute Gasteiger partial charge is 0.186 e. The van der Waals surface area contributed by atoms with Crippen LogP contribution in [0.3, 0.4) is 0 Å². The molecule has 1 rings (SSSR count). The summed E-state index contributed by atoms with van der Waals surface area (Å²) in [6, 6.07) is 5.78. The van der Waals surface area contributed by atoms with Gasteiger partial charge in [0.1, 0.15) is 0 Å². The van der Waals surface area contributed by atoms with Crippen LogP contribution in [-0.4, -0.2) is 8.76 Å². The minimum Gasteiger partial charge on any atom is -0.302 e. The molecule has 1 aromatic rings. The van der Waals surface area contributed by atoms with Crippen molar-refractivity contribution in [1.29, 1.82) is 0 Å². The van der Waals surface area contributed by atoms with Gasteiger partial charge in [-0.25, -0.2) is 4.21 Å². The second-order valence-electron chi connectivity index (χ2n) is 6.46. The Morgan fingerprint density at radius 1 is 1.00 bits per heavy atom. The lowest BCUT2D eigenvalue weighted by molar-refractivity contribution is 0.538. The van der Waals surface area contributed by atoms with Crippen molar-refractivity contribution in [2.24, 2.45) is 0 Å². The van der Waals surface area contributed by atoms with Crippen LogP contribution in [0.2, 0.25) is 0 Å². The van der Waals surface area contributed by atoms with Gasteiger partial charge in [-0.2, -0.15) is 0 Å². The summed E-state index contributed by atoms with van der Waals surface area (Å²) in [6.07, 6.45) is 0. The Bertz CT molecular complexity index is 437. The zero-order chi connectivity index (χ0) is 13.4. The molecule has 1 N–H and O–H groups in total. The average molecular weight is 254 g/mol. The number of rotatable bonds is 1. The molecule has 0 radical (unpaired) electrons. The van der Waals surface area contributed by atoms with Gasteiger partial charge >= 0.3 is 0 Å². The fourth-order valence-electron chi connectivity index (χ4n) is 1.73. The van der Waals surface area contributed by atoms with E-state index in [2.05, 4.69) is 47.6 Å². The zero-order valence-electron chi connectivity index (χ0n) is 11.5. The first kappa shape index (κ1) is 14.4. The highest BCUT2D eigenvalue weighted by Crippen LogP contribution is 2.32. The predicted molar refractivity (Wildman–Crippen MR) is 72.9 cm³/mol. The summed E-state index contributed by atoms with van der Waals surface area (Å²) in [4.78, 5) is 0.519. The topological polar surface area (TPSA) is 37.3 Å². The maximum atomic E-state index is 11.3. The second kappa shape index (κ2) is 4.54. The summed E-state index contributed by atoms with van der Waals surface area (Å²) in [5.41, 5.74) is 2.06. The molecule has 0 heterocycles. The highest BCUT2D eigenvalue weighted by atomic mass is 32.2. The van der Waals surface area contributed by atoms with Gasteiger partial charge in [0, 0.05) is 0 Å². The molecule has 0 fully saturated rings. The van der Waals surface area contributed by atoms with Gasteiger partial charge in [-0.15, -0.1) is 0 Å². The molecule has 1 aromatic carbocycles. The normalized spacial score (nSPS) is 14.8. The van der Waals surface area contributed by atoms with Crippen molar-refractivity contribution in [3.63, 3.8) is 0 Å². The first-order chi connectivity index (χ1) is 7.53. The summed E-state index contributed by atoms with van der Waals surface area (Å²) >= 11 is -1.92. The van der Waals surface area contributed by atoms with Crippen LogP contribution in [0.4, 0.5) is 0 Å². The Morgan fingerprint density at radius 3 is 1.88 bits per heavy atom. The van der Waals surface area contributed by atoms with E-state index in [1.165, 1.54) is 5.56 Å². The highest BCUT2D eigenvalue weighted by Gasteiger charge is 2.23. The fraction of sp³-hybridized carbons (Fsp3) is 0.571. The molecule has 0 aliphatic carbocycles. The van der Waals surface area contributed by atoms with Crippen LogP contribution in [0, 0.1) is 0 Å². The van der Waals surface area contributed by atoms with E-state index in [0.29, 0.717) is 4.90 Å². The van der Waals surface area contributed by atoms with E-state index in [-0.39, 0.29) is 10.8 Å². The van der Waals surface area contributed by atoms with Crippen molar-refractivity contribution < 1.29 is 8.76 Å². The lowest BCUT2D eigenvalue weighted by atomic mass is 9.81. The van der Waals surface area contributed by atoms with Crippen LogP contribution in [-0.2, 0) is 21.9 Å². The Balaban J connectivity index is 3.46. The zero-order valence-corrected chi connectivity index (χ0v) is 12.3. The third-order valence-corrected chi connectivity index (χ3v) is 3.57. The highest BCUT2D eigenvalue weighted by molar-refractivity contribution is 7.79. The van der Waals surface area contributed by atoms with E-state index in [9.17, 15) is 8.76 Å². The molecule has 1 atom stereocenters. The van der Waals surface area contributed by atoms with Crippen LogP contribution in [0.15, 0.2) is 23.1 Å². The summed E-state index contributed by atoms with van der Waals surface area (Å²) in [5, 5.41) is 0. The van der Waals surface area contributed by atoms with Gasteiger partial charge in [-0.05, 0) is 28.0 Å². The molecule has 1 unspecified atom stereocenters. The molecule has 0 aliphatic heterocycles. The van der Waals surface area contributed by atoms with Crippen molar-refractivity contribution in [3.05, 3.63) is 29.3 Å². The van der Waals surface area contributed by atoms with Gasteiger partial charge in [-0.1, -0.05) is 53.7 Å². The van der Waals surface area contributed by atoms with E-state index < -0.39 is 11.1 Å². The summed E-state index contributed by atoms with van der Waals surface area (Å²) < 4.78 is 20.7. The van der Waals surface area contributed by atoms with E-state index in [1.54, 1.807) is 6.07 Å². The van der Waals surface area contributed by atoms with Gasteiger partial charge in [0.15, 0.2) is 11.1 Å². The summed E-state index contributed by atoms with van der Waals surface area (Å²) in [5.74, 6) is 0. The molecule has 0 bridgehead atoms. The second-order valence-corrected chi connectivity index (χ2v) is 7.40. The quantitative estimate of drug-likeness (QED) is 0.773. The maximum absolute atomic E-state index is 11.3. The van der Waals surface area contributed by atoms with Crippen molar-refractivity contribution in [2.45, 2.75) is 57.3 Å². The molecule has 17 heavy (non-hydrogen) atoms. The summed E-state index contributed by atoms with van der Waals surface area (Å²) in [7, 11) is 0. The van der Waals surface area contributed by atoms with Crippen molar-refractivity contribution in [1.82, 2.24) is 0 Å². The number of hydrogen-bond donors (Lipinski definition) is 1. The number of benzene rings is 1. The lowest BCUT2D eigenvalue weighted by Crippen LogP contribution is -2.18. The van der Waals surface area contributed by atoms with Crippen LogP contribution in [0.25, 0.3) is 0 Å². The Hall–Kier alpha value is -0.670. The monoisotopic (exact) mass is 254 g/mol. The lowest BCUT2D eigenvalue weighted by Gasteiger charge is -2.26. The van der Waals surface area contributed by atoms with Crippen LogP contribution in [0.1, 0.15) is 52.7 Å². The summed E-state index contributed by atoms with van der Waals surface area (Å²) in [6.45, 7) is 12.6. The molecule has 96 valence electrons. The van der Waals surface area contributed by atoms with Gasteiger partial charge < -0.3 is 4.55 Å². The first-order valence-electron chi connectivity index (χ1n) is 5.79. The molecular weight excluding hydrogens is 232 g/mol. The van der Waals surface area contributed by atoms with E-state index in [4.69, 9.17) is 0 Å². The third kappa shape index (κ3) is 3.39. The third-order valence-electron chi connectivity index (χ3n) is 2.84. The fourth-order valence-corrected chi connectivity index (χ4v) is 2.47. The Kier molecular flexibility index (Phi) is 3.84. The van der Waals surface area contributed by atoms with Gasteiger partial charge in [-0.3, -0.25) is 0 Å². The molecule has 3 heteroatoms. The van der Waals surface area contributed by atoms with Crippen LogP contribution in [0.5, 0.6) is 0 Å². The molecule has 0 saturated carbocycles. The SMILES string of the molecule is CC(C)(C)c1ccc(S(=O)O)c(C(C)(C)C)c1. The molecule has 0 spiro atoms. The predicted octanol–water partition coefficient (Wildman–Crippen LogP) is 3.86. The van der Waals surface area contributed by atoms with E-state index >= 15 is 0 Å². The largest absolute Gasteiger partial charge is 0.302 e. The Labute approximate surface area is 107 Å². The molecular formula is C14H22O2S. The van der Waals surface area contributed by atoms with Gasteiger partial charge in [0.05, 0.1) is 4.90 Å². The van der Waals surface area contributed by atoms with Crippen molar-refractivity contribution in [2.75, 3.05) is 0 Å². The molecule has 0 aromatic heterocycles. The van der Waals surface area contributed by atoms with Gasteiger partial charge in [0.2, 0.25) is 0 Å². The van der Waals surface area contributed by atoms with Crippen molar-refractivity contribution >= 4 is 11.1 Å². The van der Waals surface area contributed by atoms with Gasteiger partial charge in [0.25, 0.3) is 0 Å². The maximum Gasteiger partial charge on any atom is 0.186 e. The molecule has 0 aliphatic rings. The Morgan fingerprint density at radius 2 is 1.53 bits per heavy atom. The minimum absolute atomic E-state index is 0.0511. The molecule has 0 amide bonds.